The normalized spacial score (nSPS) is 12.7. The first-order valence-corrected chi connectivity index (χ1v) is 6.86. The monoisotopic (exact) mass is 264 g/mol. The van der Waals surface area contributed by atoms with Gasteiger partial charge in [0.05, 0.1) is 5.03 Å². The van der Waals surface area contributed by atoms with Gasteiger partial charge >= 0.3 is 5.97 Å². The third-order valence-electron chi connectivity index (χ3n) is 2.66. The molecule has 18 heavy (non-hydrogen) atoms. The summed E-state index contributed by atoms with van der Waals surface area (Å²) in [5, 5.41) is 14.1. The number of aliphatic carboxylic acids is 1. The van der Waals surface area contributed by atoms with Crippen LogP contribution in [0.1, 0.15) is 6.92 Å². The Bertz CT molecular complexity index is 506. The van der Waals surface area contributed by atoms with E-state index in [4.69, 9.17) is 5.11 Å². The van der Waals surface area contributed by atoms with Gasteiger partial charge in [-0.2, -0.15) is 0 Å². The maximum Gasteiger partial charge on any atom is 0.321 e. The molecule has 0 fully saturated rings. The minimum Gasteiger partial charge on any atom is -0.480 e. The Kier molecular flexibility index (Phi) is 4.28. The Balaban J connectivity index is 2.02. The number of para-hydroxylation sites is 1. The van der Waals surface area contributed by atoms with Gasteiger partial charge in [-0.1, -0.05) is 25.1 Å². The first-order chi connectivity index (χ1) is 8.70. The fourth-order valence-corrected chi connectivity index (χ4v) is 2.76. The molecular weight excluding hydrogens is 248 g/mol. The van der Waals surface area contributed by atoms with Crippen LogP contribution in [0, 0.1) is 0 Å². The second kappa shape index (κ2) is 5.93. The lowest BCUT2D eigenvalue weighted by molar-refractivity contribution is -0.138. The Hall–Kier alpha value is -1.46. The molecule has 3 N–H and O–H groups in total. The van der Waals surface area contributed by atoms with Crippen LogP contribution in [-0.2, 0) is 4.79 Å². The molecule has 1 atom stereocenters. The van der Waals surface area contributed by atoms with Gasteiger partial charge in [-0.15, -0.1) is 11.8 Å². The number of carboxylic acid groups (broad SMARTS) is 1. The van der Waals surface area contributed by atoms with Gasteiger partial charge < -0.3 is 15.4 Å². The summed E-state index contributed by atoms with van der Waals surface area (Å²) < 4.78 is 0. The molecule has 0 spiro atoms. The number of hydrogen-bond acceptors (Lipinski definition) is 3. The molecule has 0 saturated heterocycles. The van der Waals surface area contributed by atoms with Crippen molar-refractivity contribution in [2.24, 2.45) is 0 Å². The van der Waals surface area contributed by atoms with Crippen molar-refractivity contribution < 1.29 is 9.90 Å². The summed E-state index contributed by atoms with van der Waals surface area (Å²) >= 11 is 1.52. The predicted octanol–water partition coefficient (Wildman–Crippen LogP) is 2.32. The molecule has 1 aromatic carbocycles. The predicted molar refractivity (Wildman–Crippen MR) is 74.1 cm³/mol. The lowest BCUT2D eigenvalue weighted by Crippen LogP contribution is -2.38. The van der Waals surface area contributed by atoms with E-state index in [0.29, 0.717) is 12.3 Å². The fourth-order valence-electron chi connectivity index (χ4n) is 1.76. The van der Waals surface area contributed by atoms with Crippen molar-refractivity contribution in [2.45, 2.75) is 18.0 Å². The van der Waals surface area contributed by atoms with Crippen molar-refractivity contribution in [3.05, 3.63) is 30.3 Å². The zero-order valence-corrected chi connectivity index (χ0v) is 11.0. The quantitative estimate of drug-likeness (QED) is 0.701. The van der Waals surface area contributed by atoms with E-state index in [2.05, 4.69) is 10.3 Å². The molecule has 4 nitrogen and oxygen atoms in total. The number of aromatic amines is 1. The largest absolute Gasteiger partial charge is 0.480 e. The first kappa shape index (κ1) is 13.0. The molecule has 2 aromatic rings. The van der Waals surface area contributed by atoms with E-state index in [1.807, 2.05) is 37.3 Å². The van der Waals surface area contributed by atoms with Crippen molar-refractivity contribution >= 4 is 28.6 Å². The molecule has 1 unspecified atom stereocenters. The molecule has 0 radical (unpaired) electrons. The number of fused-ring (bicyclic) bond motifs is 1. The Labute approximate surface area is 110 Å². The van der Waals surface area contributed by atoms with Crippen LogP contribution in [0.2, 0.25) is 0 Å². The number of H-pyrrole nitrogens is 1. The Morgan fingerprint density at radius 3 is 2.94 bits per heavy atom. The highest BCUT2D eigenvalue weighted by atomic mass is 32.2. The van der Waals surface area contributed by atoms with Crippen molar-refractivity contribution in [3.63, 3.8) is 0 Å². The van der Waals surface area contributed by atoms with Crippen LogP contribution >= 0.6 is 11.8 Å². The lowest BCUT2D eigenvalue weighted by Gasteiger charge is -2.11. The second-order valence-corrected chi connectivity index (χ2v) is 5.04. The fraction of sp³-hybridized carbons (Fsp3) is 0.308. The molecular formula is C13H16N2O2S. The standard InChI is InChI=1S/C13H16N2O2S/c1-2-14-11(13(16)17)8-18-12-7-9-5-3-4-6-10(9)15-12/h3-7,11,14-15H,2,8H2,1H3,(H,16,17). The van der Waals surface area contributed by atoms with Gasteiger partial charge in [0.15, 0.2) is 0 Å². The van der Waals surface area contributed by atoms with E-state index in [9.17, 15) is 4.79 Å². The summed E-state index contributed by atoms with van der Waals surface area (Å²) in [5.41, 5.74) is 1.08. The molecule has 0 aliphatic rings. The highest BCUT2D eigenvalue weighted by Crippen LogP contribution is 2.23. The average molecular weight is 264 g/mol. The molecule has 0 aliphatic heterocycles. The SMILES string of the molecule is CCNC(CSc1cc2ccccc2[nH]1)C(=O)O. The molecule has 1 aromatic heterocycles. The molecule has 0 amide bonds. The summed E-state index contributed by atoms with van der Waals surface area (Å²) in [6.45, 7) is 2.56. The lowest BCUT2D eigenvalue weighted by atomic mass is 10.3. The van der Waals surface area contributed by atoms with Gasteiger partial charge in [0, 0.05) is 16.7 Å². The van der Waals surface area contributed by atoms with Crippen LogP contribution < -0.4 is 5.32 Å². The number of aromatic nitrogens is 1. The summed E-state index contributed by atoms with van der Waals surface area (Å²) in [7, 11) is 0. The number of rotatable bonds is 6. The van der Waals surface area contributed by atoms with Crippen LogP contribution in [0.5, 0.6) is 0 Å². The molecule has 2 rings (SSSR count). The summed E-state index contributed by atoms with van der Waals surface area (Å²) in [5.74, 6) is -0.295. The van der Waals surface area contributed by atoms with Crippen LogP contribution in [0.15, 0.2) is 35.4 Å². The third-order valence-corrected chi connectivity index (χ3v) is 3.69. The first-order valence-electron chi connectivity index (χ1n) is 5.87. The van der Waals surface area contributed by atoms with E-state index in [-0.39, 0.29) is 0 Å². The van der Waals surface area contributed by atoms with Gasteiger partial charge in [-0.3, -0.25) is 4.79 Å². The van der Waals surface area contributed by atoms with Crippen LogP contribution in [0.25, 0.3) is 10.9 Å². The zero-order valence-electron chi connectivity index (χ0n) is 10.1. The van der Waals surface area contributed by atoms with E-state index < -0.39 is 12.0 Å². The number of benzene rings is 1. The van der Waals surface area contributed by atoms with Gasteiger partial charge in [0.25, 0.3) is 0 Å². The van der Waals surface area contributed by atoms with Crippen molar-refractivity contribution in [2.75, 3.05) is 12.3 Å². The highest BCUT2D eigenvalue weighted by molar-refractivity contribution is 7.99. The number of thioether (sulfide) groups is 1. The van der Waals surface area contributed by atoms with E-state index in [0.717, 1.165) is 15.9 Å². The minimum atomic E-state index is -0.805. The van der Waals surface area contributed by atoms with Crippen molar-refractivity contribution in [1.82, 2.24) is 10.3 Å². The minimum absolute atomic E-state index is 0.508. The number of nitrogens with one attached hydrogen (secondary N) is 2. The third kappa shape index (κ3) is 3.05. The second-order valence-electron chi connectivity index (χ2n) is 3.98. The van der Waals surface area contributed by atoms with Crippen molar-refractivity contribution in [3.8, 4) is 0 Å². The zero-order chi connectivity index (χ0) is 13.0. The topological polar surface area (TPSA) is 65.1 Å². The number of carboxylic acids is 1. The van der Waals surface area contributed by atoms with Gasteiger partial charge in [0.2, 0.25) is 0 Å². The Morgan fingerprint density at radius 2 is 2.28 bits per heavy atom. The maximum atomic E-state index is 11.0. The highest BCUT2D eigenvalue weighted by Gasteiger charge is 2.16. The summed E-state index contributed by atoms with van der Waals surface area (Å²) in [6, 6.07) is 9.55. The number of hydrogen-bond donors (Lipinski definition) is 3. The van der Waals surface area contributed by atoms with Gasteiger partial charge in [-0.05, 0) is 18.7 Å². The summed E-state index contributed by atoms with van der Waals surface area (Å²) in [6.07, 6.45) is 0. The van der Waals surface area contributed by atoms with Crippen LogP contribution in [0.4, 0.5) is 0 Å². The van der Waals surface area contributed by atoms with Gasteiger partial charge in [0.1, 0.15) is 6.04 Å². The smallest absolute Gasteiger partial charge is 0.321 e. The Morgan fingerprint density at radius 1 is 1.50 bits per heavy atom. The van der Waals surface area contributed by atoms with Crippen LogP contribution in [0.3, 0.4) is 0 Å². The molecule has 0 bridgehead atoms. The number of carbonyl (C=O) groups is 1. The average Bonchev–Trinajstić information content (AvgIpc) is 2.76. The van der Waals surface area contributed by atoms with Crippen LogP contribution in [-0.4, -0.2) is 34.4 Å². The van der Waals surface area contributed by atoms with E-state index in [1.54, 1.807) is 0 Å². The molecule has 0 aliphatic carbocycles. The maximum absolute atomic E-state index is 11.0. The summed E-state index contributed by atoms with van der Waals surface area (Å²) in [4.78, 5) is 14.3. The molecule has 1 heterocycles. The molecule has 0 saturated carbocycles. The van der Waals surface area contributed by atoms with Crippen molar-refractivity contribution in [1.29, 1.82) is 0 Å². The van der Waals surface area contributed by atoms with E-state index >= 15 is 0 Å². The van der Waals surface area contributed by atoms with Gasteiger partial charge in [-0.25, -0.2) is 0 Å². The van der Waals surface area contributed by atoms with E-state index in [1.165, 1.54) is 11.8 Å². The molecule has 96 valence electrons. The number of likely N-dealkylation sites (N-methyl/N-ethyl adjacent to an activating group) is 1. The molecule has 5 heteroatoms.